The first-order valence-electron chi connectivity index (χ1n) is 8.58. The van der Waals surface area contributed by atoms with Crippen molar-refractivity contribution in [3.05, 3.63) is 0 Å². The molecule has 0 aliphatic carbocycles. The highest BCUT2D eigenvalue weighted by Crippen LogP contribution is 2.21. The summed E-state index contributed by atoms with van der Waals surface area (Å²) in [7, 11) is 1.63. The molecule has 0 aromatic heterocycles. The summed E-state index contributed by atoms with van der Waals surface area (Å²) in [5.41, 5.74) is 0. The van der Waals surface area contributed by atoms with Crippen molar-refractivity contribution < 1.29 is 14.3 Å². The van der Waals surface area contributed by atoms with Gasteiger partial charge in [0.15, 0.2) is 0 Å². The average molecular weight is 312 g/mol. The Kier molecular flexibility index (Phi) is 8.46. The number of amides is 2. The number of hydrogen-bond donors (Lipinski definition) is 1. The highest BCUT2D eigenvalue weighted by Gasteiger charge is 2.36. The zero-order valence-electron chi connectivity index (χ0n) is 14.6. The minimum atomic E-state index is -0.218. The molecule has 1 rings (SSSR count). The molecule has 0 aromatic rings. The van der Waals surface area contributed by atoms with Gasteiger partial charge in [-0.1, -0.05) is 32.6 Å². The summed E-state index contributed by atoms with van der Waals surface area (Å²) in [6.07, 6.45) is 6.18. The number of nitrogens with zero attached hydrogens (tertiary/aromatic N) is 1. The first kappa shape index (κ1) is 18.9. The van der Waals surface area contributed by atoms with Crippen LogP contribution in [0.3, 0.4) is 0 Å². The second-order valence-electron chi connectivity index (χ2n) is 6.51. The molecule has 5 heteroatoms. The molecule has 0 saturated carbocycles. The van der Waals surface area contributed by atoms with Crippen LogP contribution in [0, 0.1) is 5.92 Å². The molecule has 2 amide bonds. The molecular weight excluding hydrogens is 280 g/mol. The smallest absolute Gasteiger partial charge is 0.225 e. The third-order valence-electron chi connectivity index (χ3n) is 4.35. The van der Waals surface area contributed by atoms with Gasteiger partial charge in [0.1, 0.15) is 0 Å². The third-order valence-corrected chi connectivity index (χ3v) is 4.35. The van der Waals surface area contributed by atoms with Crippen molar-refractivity contribution in [1.29, 1.82) is 0 Å². The Balaban J connectivity index is 2.35. The zero-order valence-corrected chi connectivity index (χ0v) is 14.6. The molecule has 128 valence electrons. The number of nitrogens with one attached hydrogen (secondary N) is 1. The second-order valence-corrected chi connectivity index (χ2v) is 6.51. The summed E-state index contributed by atoms with van der Waals surface area (Å²) in [6, 6.07) is 0.215. The van der Waals surface area contributed by atoms with E-state index in [2.05, 4.69) is 12.2 Å². The van der Waals surface area contributed by atoms with Crippen LogP contribution in [0.5, 0.6) is 0 Å². The van der Waals surface area contributed by atoms with Crippen molar-refractivity contribution >= 4 is 11.8 Å². The SMILES string of the molecule is CCCCCC[C@H](C)NC(=O)[C@H]1CC(=O)N([C@@H](C)COC)C1. The van der Waals surface area contributed by atoms with Crippen molar-refractivity contribution in [3.63, 3.8) is 0 Å². The maximum Gasteiger partial charge on any atom is 0.225 e. The highest BCUT2D eigenvalue weighted by molar-refractivity contribution is 5.89. The Labute approximate surface area is 134 Å². The maximum absolute atomic E-state index is 12.3. The van der Waals surface area contributed by atoms with Crippen LogP contribution < -0.4 is 5.32 Å². The van der Waals surface area contributed by atoms with Gasteiger partial charge in [0, 0.05) is 26.1 Å². The van der Waals surface area contributed by atoms with Crippen molar-refractivity contribution in [2.75, 3.05) is 20.3 Å². The zero-order chi connectivity index (χ0) is 16.5. The molecule has 1 fully saturated rings. The van der Waals surface area contributed by atoms with Gasteiger partial charge in [0.05, 0.1) is 18.6 Å². The van der Waals surface area contributed by atoms with Crippen LogP contribution in [0.2, 0.25) is 0 Å². The monoisotopic (exact) mass is 312 g/mol. The largest absolute Gasteiger partial charge is 0.383 e. The average Bonchev–Trinajstić information content (AvgIpc) is 2.86. The summed E-state index contributed by atoms with van der Waals surface area (Å²) in [6.45, 7) is 7.22. The predicted octanol–water partition coefficient (Wildman–Crippen LogP) is 2.34. The van der Waals surface area contributed by atoms with E-state index >= 15 is 0 Å². The molecule has 0 aromatic carbocycles. The van der Waals surface area contributed by atoms with E-state index in [1.807, 2.05) is 13.8 Å². The van der Waals surface area contributed by atoms with Gasteiger partial charge in [-0.05, 0) is 20.3 Å². The minimum Gasteiger partial charge on any atom is -0.383 e. The van der Waals surface area contributed by atoms with E-state index in [4.69, 9.17) is 4.74 Å². The quantitative estimate of drug-likeness (QED) is 0.630. The van der Waals surface area contributed by atoms with Gasteiger partial charge in [-0.2, -0.15) is 0 Å². The molecule has 0 radical (unpaired) electrons. The van der Waals surface area contributed by atoms with Gasteiger partial charge in [0.25, 0.3) is 0 Å². The van der Waals surface area contributed by atoms with Crippen molar-refractivity contribution in [2.24, 2.45) is 5.92 Å². The molecule has 0 spiro atoms. The fraction of sp³-hybridized carbons (Fsp3) is 0.882. The minimum absolute atomic E-state index is 0.0171. The highest BCUT2D eigenvalue weighted by atomic mass is 16.5. The summed E-state index contributed by atoms with van der Waals surface area (Å²) < 4.78 is 5.09. The van der Waals surface area contributed by atoms with Gasteiger partial charge in [0.2, 0.25) is 11.8 Å². The fourth-order valence-corrected chi connectivity index (χ4v) is 2.97. The molecule has 22 heavy (non-hydrogen) atoms. The summed E-state index contributed by atoms with van der Waals surface area (Å²) in [5, 5.41) is 3.06. The second kappa shape index (κ2) is 9.82. The van der Waals surface area contributed by atoms with Crippen LogP contribution in [0.4, 0.5) is 0 Å². The van der Waals surface area contributed by atoms with Crippen LogP contribution in [-0.4, -0.2) is 49.1 Å². The first-order chi connectivity index (χ1) is 10.5. The Morgan fingerprint density at radius 3 is 2.73 bits per heavy atom. The molecule has 1 N–H and O–H groups in total. The van der Waals surface area contributed by atoms with Gasteiger partial charge >= 0.3 is 0 Å². The van der Waals surface area contributed by atoms with E-state index < -0.39 is 0 Å². The Morgan fingerprint density at radius 2 is 2.09 bits per heavy atom. The van der Waals surface area contributed by atoms with Crippen LogP contribution in [0.1, 0.15) is 59.3 Å². The van der Waals surface area contributed by atoms with Gasteiger partial charge in [-0.3, -0.25) is 9.59 Å². The van der Waals surface area contributed by atoms with E-state index in [1.54, 1.807) is 12.0 Å². The lowest BCUT2D eigenvalue weighted by molar-refractivity contribution is -0.130. The number of carbonyl (C=O) groups excluding carboxylic acids is 2. The first-order valence-corrected chi connectivity index (χ1v) is 8.58. The van der Waals surface area contributed by atoms with Gasteiger partial charge in [-0.25, -0.2) is 0 Å². The lowest BCUT2D eigenvalue weighted by Crippen LogP contribution is -2.40. The molecule has 3 atom stereocenters. The van der Waals surface area contributed by atoms with E-state index in [0.717, 1.165) is 12.8 Å². The number of ether oxygens (including phenoxy) is 1. The number of methoxy groups -OCH3 is 1. The Hall–Kier alpha value is -1.10. The standard InChI is InChI=1S/C17H32N2O3/c1-5-6-7-8-9-13(2)18-17(21)15-10-16(20)19(11-15)14(3)12-22-4/h13-15H,5-12H2,1-4H3,(H,18,21)/t13-,14-,15-/m0/s1. The molecule has 1 aliphatic heterocycles. The lowest BCUT2D eigenvalue weighted by Gasteiger charge is -2.24. The van der Waals surface area contributed by atoms with Crippen LogP contribution in [-0.2, 0) is 14.3 Å². The van der Waals surface area contributed by atoms with E-state index in [-0.39, 0.29) is 29.8 Å². The normalized spacial score (nSPS) is 21.0. The van der Waals surface area contributed by atoms with Gasteiger partial charge in [-0.15, -0.1) is 0 Å². The van der Waals surface area contributed by atoms with E-state index in [1.165, 1.54) is 19.3 Å². The lowest BCUT2D eigenvalue weighted by atomic mass is 10.1. The van der Waals surface area contributed by atoms with E-state index in [9.17, 15) is 9.59 Å². The van der Waals surface area contributed by atoms with Crippen molar-refractivity contribution in [3.8, 4) is 0 Å². The molecule has 1 aliphatic rings. The number of hydrogen-bond acceptors (Lipinski definition) is 3. The topological polar surface area (TPSA) is 58.6 Å². The molecule has 0 bridgehead atoms. The maximum atomic E-state index is 12.3. The molecule has 1 heterocycles. The molecule has 5 nitrogen and oxygen atoms in total. The Bertz CT molecular complexity index is 360. The van der Waals surface area contributed by atoms with Crippen LogP contribution >= 0.6 is 0 Å². The number of unbranched alkanes of at least 4 members (excludes halogenated alkanes) is 3. The predicted molar refractivity (Wildman–Crippen MR) is 87.5 cm³/mol. The fourth-order valence-electron chi connectivity index (χ4n) is 2.97. The number of likely N-dealkylation sites (tertiary alicyclic amines) is 1. The number of rotatable bonds is 10. The van der Waals surface area contributed by atoms with Crippen molar-refractivity contribution in [1.82, 2.24) is 10.2 Å². The molecular formula is C17H32N2O3. The summed E-state index contributed by atoms with van der Waals surface area (Å²) in [4.78, 5) is 26.1. The molecule has 0 unspecified atom stereocenters. The van der Waals surface area contributed by atoms with E-state index in [0.29, 0.717) is 19.6 Å². The van der Waals surface area contributed by atoms with Gasteiger partial charge < -0.3 is 15.0 Å². The van der Waals surface area contributed by atoms with Crippen molar-refractivity contribution in [2.45, 2.75) is 71.4 Å². The third kappa shape index (κ3) is 5.95. The molecule has 1 saturated heterocycles. The Morgan fingerprint density at radius 1 is 1.36 bits per heavy atom. The number of carbonyl (C=O) groups is 2. The van der Waals surface area contributed by atoms with Crippen LogP contribution in [0.15, 0.2) is 0 Å². The summed E-state index contributed by atoms with van der Waals surface area (Å²) >= 11 is 0. The summed E-state index contributed by atoms with van der Waals surface area (Å²) in [5.74, 6) is -0.145. The van der Waals surface area contributed by atoms with Crippen LogP contribution in [0.25, 0.3) is 0 Å².